The summed E-state index contributed by atoms with van der Waals surface area (Å²) in [5, 5.41) is 0. The normalized spacial score (nSPS) is 11.4. The zero-order valence-electron chi connectivity index (χ0n) is 13.2. The van der Waals surface area contributed by atoms with Crippen LogP contribution in [-0.4, -0.2) is 5.71 Å². The Kier molecular flexibility index (Phi) is 4.53. The lowest BCUT2D eigenvalue weighted by Gasteiger charge is -2.05. The second-order valence-corrected chi connectivity index (χ2v) is 5.59. The Labute approximate surface area is 137 Å². The maximum atomic E-state index is 5.73. The van der Waals surface area contributed by atoms with Crippen LogP contribution in [0.5, 0.6) is 0 Å². The smallest absolute Gasteiger partial charge is 0.0643 e. The van der Waals surface area contributed by atoms with Gasteiger partial charge in [0.1, 0.15) is 0 Å². The van der Waals surface area contributed by atoms with Crippen LogP contribution >= 0.6 is 0 Å². The quantitative estimate of drug-likeness (QED) is 0.537. The van der Waals surface area contributed by atoms with Crippen LogP contribution in [0.4, 0.5) is 5.69 Å². The molecular weight excluding hydrogens is 280 g/mol. The van der Waals surface area contributed by atoms with Crippen molar-refractivity contribution >= 4 is 11.4 Å². The topological polar surface area (TPSA) is 38.4 Å². The van der Waals surface area contributed by atoms with Gasteiger partial charge < -0.3 is 5.73 Å². The van der Waals surface area contributed by atoms with Crippen LogP contribution in [0.1, 0.15) is 18.1 Å². The fourth-order valence-corrected chi connectivity index (χ4v) is 2.46. The molecular formula is C21H20N2. The maximum Gasteiger partial charge on any atom is 0.0643 e. The first kappa shape index (κ1) is 15.0. The lowest BCUT2D eigenvalue weighted by atomic mass is 10.0. The first-order valence-electron chi connectivity index (χ1n) is 7.74. The predicted molar refractivity (Wildman–Crippen MR) is 98.6 cm³/mol. The Morgan fingerprint density at radius 1 is 0.783 bits per heavy atom. The van der Waals surface area contributed by atoms with E-state index in [1.54, 1.807) is 0 Å². The SMILES string of the molecule is CC(=NCc1ccc(-c2ccc(N)cc2)cc1)c1ccccc1. The van der Waals surface area contributed by atoms with Crippen LogP contribution < -0.4 is 5.73 Å². The summed E-state index contributed by atoms with van der Waals surface area (Å²) in [6.07, 6.45) is 0. The van der Waals surface area contributed by atoms with Gasteiger partial charge in [0, 0.05) is 11.4 Å². The molecule has 0 fully saturated rings. The van der Waals surface area contributed by atoms with E-state index < -0.39 is 0 Å². The van der Waals surface area contributed by atoms with Crippen LogP contribution in [0, 0.1) is 0 Å². The van der Waals surface area contributed by atoms with Crippen molar-refractivity contribution in [2.75, 3.05) is 5.73 Å². The molecule has 3 aromatic carbocycles. The monoisotopic (exact) mass is 300 g/mol. The van der Waals surface area contributed by atoms with Crippen molar-refractivity contribution in [2.24, 2.45) is 4.99 Å². The fraction of sp³-hybridized carbons (Fsp3) is 0.0952. The molecule has 0 amide bonds. The number of anilines is 1. The molecule has 0 atom stereocenters. The van der Waals surface area contributed by atoms with Gasteiger partial charge in [-0.25, -0.2) is 0 Å². The van der Waals surface area contributed by atoms with Crippen molar-refractivity contribution in [3.63, 3.8) is 0 Å². The van der Waals surface area contributed by atoms with Crippen molar-refractivity contribution in [3.05, 3.63) is 90.0 Å². The third-order valence-electron chi connectivity index (χ3n) is 3.89. The second kappa shape index (κ2) is 6.93. The minimum atomic E-state index is 0.697. The summed E-state index contributed by atoms with van der Waals surface area (Å²) in [6, 6.07) is 26.7. The number of nitrogen functional groups attached to an aromatic ring is 1. The van der Waals surface area contributed by atoms with Crippen LogP contribution in [0.3, 0.4) is 0 Å². The number of nitrogens with zero attached hydrogens (tertiary/aromatic N) is 1. The number of aliphatic imine (C=N–C) groups is 1. The van der Waals surface area contributed by atoms with E-state index in [-0.39, 0.29) is 0 Å². The summed E-state index contributed by atoms with van der Waals surface area (Å²) < 4.78 is 0. The van der Waals surface area contributed by atoms with E-state index in [1.165, 1.54) is 22.3 Å². The van der Waals surface area contributed by atoms with Gasteiger partial charge in [-0.1, -0.05) is 66.7 Å². The largest absolute Gasteiger partial charge is 0.399 e. The Morgan fingerprint density at radius 2 is 1.35 bits per heavy atom. The van der Waals surface area contributed by atoms with E-state index in [1.807, 2.05) is 42.5 Å². The molecule has 0 radical (unpaired) electrons. The molecule has 0 bridgehead atoms. The van der Waals surface area contributed by atoms with Gasteiger partial charge in [-0.15, -0.1) is 0 Å². The van der Waals surface area contributed by atoms with Gasteiger partial charge in [-0.2, -0.15) is 0 Å². The molecule has 23 heavy (non-hydrogen) atoms. The highest BCUT2D eigenvalue weighted by Crippen LogP contribution is 2.21. The zero-order valence-corrected chi connectivity index (χ0v) is 13.2. The molecule has 3 rings (SSSR count). The number of benzene rings is 3. The van der Waals surface area contributed by atoms with Crippen LogP contribution in [0.25, 0.3) is 11.1 Å². The average Bonchev–Trinajstić information content (AvgIpc) is 2.61. The number of rotatable bonds is 4. The summed E-state index contributed by atoms with van der Waals surface area (Å²) in [4.78, 5) is 4.68. The van der Waals surface area contributed by atoms with Gasteiger partial charge in [0.25, 0.3) is 0 Å². The lowest BCUT2D eigenvalue weighted by molar-refractivity contribution is 1.07. The van der Waals surface area contributed by atoms with Gasteiger partial charge in [-0.05, 0) is 41.3 Å². The summed E-state index contributed by atoms with van der Waals surface area (Å²) in [6.45, 7) is 2.75. The maximum absolute atomic E-state index is 5.73. The number of nitrogens with two attached hydrogens (primary N) is 1. The van der Waals surface area contributed by atoms with E-state index >= 15 is 0 Å². The van der Waals surface area contributed by atoms with Gasteiger partial charge in [0.2, 0.25) is 0 Å². The summed E-state index contributed by atoms with van der Waals surface area (Å²) >= 11 is 0. The number of hydrogen-bond donors (Lipinski definition) is 1. The third-order valence-corrected chi connectivity index (χ3v) is 3.89. The lowest BCUT2D eigenvalue weighted by Crippen LogP contribution is -1.95. The summed E-state index contributed by atoms with van der Waals surface area (Å²) in [7, 11) is 0. The highest BCUT2D eigenvalue weighted by Gasteiger charge is 1.99. The van der Waals surface area contributed by atoms with E-state index in [4.69, 9.17) is 5.73 Å². The Balaban J connectivity index is 1.71. The van der Waals surface area contributed by atoms with E-state index in [0.717, 1.165) is 11.4 Å². The average molecular weight is 300 g/mol. The molecule has 114 valence electrons. The van der Waals surface area contributed by atoms with Gasteiger partial charge in [-0.3, -0.25) is 4.99 Å². The Bertz CT molecular complexity index is 786. The second-order valence-electron chi connectivity index (χ2n) is 5.59. The minimum Gasteiger partial charge on any atom is -0.399 e. The van der Waals surface area contributed by atoms with E-state index in [0.29, 0.717) is 6.54 Å². The molecule has 0 aliphatic heterocycles. The molecule has 0 aliphatic rings. The highest BCUT2D eigenvalue weighted by molar-refractivity contribution is 5.98. The fourth-order valence-electron chi connectivity index (χ4n) is 2.46. The number of hydrogen-bond acceptors (Lipinski definition) is 2. The molecule has 2 nitrogen and oxygen atoms in total. The van der Waals surface area contributed by atoms with Crippen molar-refractivity contribution in [1.82, 2.24) is 0 Å². The Morgan fingerprint density at radius 3 is 1.96 bits per heavy atom. The molecule has 2 heteroatoms. The zero-order chi connectivity index (χ0) is 16.1. The van der Waals surface area contributed by atoms with Crippen molar-refractivity contribution in [3.8, 4) is 11.1 Å². The van der Waals surface area contributed by atoms with Crippen LogP contribution in [0.15, 0.2) is 83.9 Å². The highest BCUT2D eigenvalue weighted by atomic mass is 14.7. The molecule has 3 aromatic rings. The predicted octanol–water partition coefficient (Wildman–Crippen LogP) is 4.95. The molecule has 0 unspecified atom stereocenters. The standard InChI is InChI=1S/C21H20N2/c1-16(18-5-3-2-4-6-18)23-15-17-7-9-19(10-8-17)20-11-13-21(22)14-12-20/h2-14H,15,22H2,1H3. The molecule has 0 aromatic heterocycles. The van der Waals surface area contributed by atoms with Crippen molar-refractivity contribution in [2.45, 2.75) is 13.5 Å². The van der Waals surface area contributed by atoms with Crippen molar-refractivity contribution in [1.29, 1.82) is 0 Å². The molecule has 0 aliphatic carbocycles. The molecule has 0 spiro atoms. The van der Waals surface area contributed by atoms with Crippen molar-refractivity contribution < 1.29 is 0 Å². The van der Waals surface area contributed by atoms with Gasteiger partial charge >= 0.3 is 0 Å². The summed E-state index contributed by atoms with van der Waals surface area (Å²) in [5.74, 6) is 0. The molecule has 0 saturated carbocycles. The van der Waals surface area contributed by atoms with Gasteiger partial charge in [0.05, 0.1) is 6.54 Å². The first-order chi connectivity index (χ1) is 11.2. The third kappa shape index (κ3) is 3.86. The van der Waals surface area contributed by atoms with Crippen LogP contribution in [0.2, 0.25) is 0 Å². The summed E-state index contributed by atoms with van der Waals surface area (Å²) in [5.41, 5.74) is 12.3. The van der Waals surface area contributed by atoms with Gasteiger partial charge in [0.15, 0.2) is 0 Å². The van der Waals surface area contributed by atoms with Crippen LogP contribution in [-0.2, 0) is 6.54 Å². The molecule has 0 saturated heterocycles. The molecule has 2 N–H and O–H groups in total. The molecule has 0 heterocycles. The first-order valence-corrected chi connectivity index (χ1v) is 7.74. The van der Waals surface area contributed by atoms with E-state index in [2.05, 4.69) is 48.3 Å². The minimum absolute atomic E-state index is 0.697. The Hall–Kier alpha value is -2.87. The van der Waals surface area contributed by atoms with E-state index in [9.17, 15) is 0 Å².